The largest absolute Gasteiger partial charge is 0.480 e. The molecule has 1 aliphatic rings. The van der Waals surface area contributed by atoms with Crippen LogP contribution in [0.2, 0.25) is 0 Å². The summed E-state index contributed by atoms with van der Waals surface area (Å²) in [5, 5.41) is 10.5. The normalized spacial score (nSPS) is 19.6. The van der Waals surface area contributed by atoms with Gasteiger partial charge in [0.15, 0.2) is 9.84 Å². The van der Waals surface area contributed by atoms with Crippen LogP contribution in [0.25, 0.3) is 0 Å². The molecule has 2 amide bonds. The number of carbonyl (C=O) groups is 2. The van der Waals surface area contributed by atoms with Crippen LogP contribution in [0.1, 0.15) is 0 Å². The minimum atomic E-state index is -3.02. The van der Waals surface area contributed by atoms with Gasteiger partial charge < -0.3 is 15.3 Å². The van der Waals surface area contributed by atoms with Gasteiger partial charge in [0.2, 0.25) is 0 Å². The maximum Gasteiger partial charge on any atom is 0.323 e. The molecule has 0 spiro atoms. The van der Waals surface area contributed by atoms with Crippen molar-refractivity contribution in [3.63, 3.8) is 0 Å². The van der Waals surface area contributed by atoms with Crippen molar-refractivity contribution in [1.29, 1.82) is 0 Å². The van der Waals surface area contributed by atoms with Gasteiger partial charge in [-0.05, 0) is 0 Å². The van der Waals surface area contributed by atoms with Crippen LogP contribution in [0.4, 0.5) is 4.79 Å². The molecule has 0 aliphatic carbocycles. The number of hydrogen-bond acceptors (Lipinski definition) is 4. The molecule has 0 unspecified atom stereocenters. The summed E-state index contributed by atoms with van der Waals surface area (Å²) in [7, 11) is -3.02. The summed E-state index contributed by atoms with van der Waals surface area (Å²) in [6, 6.07) is -0.535. The fourth-order valence-electron chi connectivity index (χ4n) is 1.18. The molecule has 1 rings (SSSR count). The lowest BCUT2D eigenvalue weighted by Gasteiger charge is -2.26. The van der Waals surface area contributed by atoms with Gasteiger partial charge in [-0.25, -0.2) is 13.2 Å². The second-order valence-electron chi connectivity index (χ2n) is 3.19. The Labute approximate surface area is 87.0 Å². The molecule has 0 radical (unpaired) electrons. The van der Waals surface area contributed by atoms with Crippen molar-refractivity contribution in [3.05, 3.63) is 0 Å². The third-order valence-corrected chi connectivity index (χ3v) is 3.63. The number of hydrogen-bond donors (Lipinski definition) is 2. The zero-order valence-electron chi connectivity index (χ0n) is 7.97. The Morgan fingerprint density at radius 3 is 2.27 bits per heavy atom. The SMILES string of the molecule is O=C(O)CNC(=O)N1CCS(=O)(=O)CC1. The Morgan fingerprint density at radius 1 is 1.27 bits per heavy atom. The topological polar surface area (TPSA) is 104 Å². The smallest absolute Gasteiger partial charge is 0.323 e. The first-order valence-corrected chi connectivity index (χ1v) is 6.18. The molecule has 0 saturated carbocycles. The number of carboxylic acids is 1. The number of carboxylic acid groups (broad SMARTS) is 1. The van der Waals surface area contributed by atoms with Crippen molar-refractivity contribution >= 4 is 21.8 Å². The second-order valence-corrected chi connectivity index (χ2v) is 5.49. The summed E-state index contributed by atoms with van der Waals surface area (Å²) in [6.45, 7) is -0.219. The molecule has 1 heterocycles. The number of nitrogens with zero attached hydrogens (tertiary/aromatic N) is 1. The molecule has 1 fully saturated rings. The minimum Gasteiger partial charge on any atom is -0.480 e. The second kappa shape index (κ2) is 4.47. The quantitative estimate of drug-likeness (QED) is 0.608. The van der Waals surface area contributed by atoms with Crippen LogP contribution in [-0.2, 0) is 14.6 Å². The van der Waals surface area contributed by atoms with E-state index in [1.54, 1.807) is 0 Å². The number of urea groups is 1. The maximum atomic E-state index is 11.3. The number of carbonyl (C=O) groups excluding carboxylic acids is 1. The van der Waals surface area contributed by atoms with E-state index in [4.69, 9.17) is 5.11 Å². The molecule has 15 heavy (non-hydrogen) atoms. The van der Waals surface area contributed by atoms with Gasteiger partial charge >= 0.3 is 12.0 Å². The molecule has 86 valence electrons. The summed E-state index contributed by atoms with van der Waals surface area (Å²) < 4.78 is 22.1. The van der Waals surface area contributed by atoms with E-state index in [2.05, 4.69) is 5.32 Å². The van der Waals surface area contributed by atoms with Crippen LogP contribution >= 0.6 is 0 Å². The van der Waals surface area contributed by atoms with Gasteiger partial charge in [-0.2, -0.15) is 0 Å². The van der Waals surface area contributed by atoms with Gasteiger partial charge in [0.25, 0.3) is 0 Å². The van der Waals surface area contributed by atoms with Crippen molar-refractivity contribution in [2.75, 3.05) is 31.1 Å². The van der Waals surface area contributed by atoms with E-state index in [0.29, 0.717) is 0 Å². The Morgan fingerprint density at radius 2 is 1.80 bits per heavy atom. The van der Waals surface area contributed by atoms with E-state index in [9.17, 15) is 18.0 Å². The van der Waals surface area contributed by atoms with E-state index in [0.717, 1.165) is 0 Å². The maximum absolute atomic E-state index is 11.3. The Hall–Kier alpha value is -1.31. The predicted octanol–water partition coefficient (Wildman–Crippen LogP) is -1.49. The molecular weight excluding hydrogens is 224 g/mol. The Bertz CT molecular complexity index is 350. The van der Waals surface area contributed by atoms with Gasteiger partial charge in [0.1, 0.15) is 6.54 Å². The lowest BCUT2D eigenvalue weighted by molar-refractivity contribution is -0.135. The van der Waals surface area contributed by atoms with Crippen molar-refractivity contribution in [2.45, 2.75) is 0 Å². The highest BCUT2D eigenvalue weighted by Gasteiger charge is 2.24. The van der Waals surface area contributed by atoms with Crippen LogP contribution < -0.4 is 5.32 Å². The summed E-state index contributed by atoms with van der Waals surface area (Å²) in [6.07, 6.45) is 0. The molecule has 8 heteroatoms. The average molecular weight is 236 g/mol. The molecule has 0 aromatic carbocycles. The predicted molar refractivity (Wildman–Crippen MR) is 51.3 cm³/mol. The monoisotopic (exact) mass is 236 g/mol. The average Bonchev–Trinajstić information content (AvgIpc) is 2.14. The Balaban J connectivity index is 2.40. The highest BCUT2D eigenvalue weighted by molar-refractivity contribution is 7.91. The molecule has 7 nitrogen and oxygen atoms in total. The highest BCUT2D eigenvalue weighted by atomic mass is 32.2. The molecular formula is C7H12N2O5S. The summed E-state index contributed by atoms with van der Waals surface area (Å²) >= 11 is 0. The number of nitrogens with one attached hydrogen (secondary N) is 1. The van der Waals surface area contributed by atoms with Gasteiger partial charge in [-0.1, -0.05) is 0 Å². The zero-order chi connectivity index (χ0) is 11.5. The van der Waals surface area contributed by atoms with Crippen LogP contribution in [0, 0.1) is 0 Å². The van der Waals surface area contributed by atoms with E-state index in [1.807, 2.05) is 0 Å². The highest BCUT2D eigenvalue weighted by Crippen LogP contribution is 2.03. The van der Waals surface area contributed by atoms with Gasteiger partial charge in [0, 0.05) is 13.1 Å². The number of sulfone groups is 1. The number of rotatable bonds is 2. The van der Waals surface area contributed by atoms with Gasteiger partial charge in [-0.3, -0.25) is 4.79 Å². The fraction of sp³-hybridized carbons (Fsp3) is 0.714. The molecule has 0 aromatic rings. The van der Waals surface area contributed by atoms with E-state index in [1.165, 1.54) is 4.90 Å². The first kappa shape index (κ1) is 11.8. The third kappa shape index (κ3) is 3.74. The lowest BCUT2D eigenvalue weighted by atomic mass is 10.5. The number of amides is 2. The van der Waals surface area contributed by atoms with E-state index < -0.39 is 28.4 Å². The van der Waals surface area contributed by atoms with Gasteiger partial charge in [-0.15, -0.1) is 0 Å². The Kier molecular flexibility index (Phi) is 3.51. The van der Waals surface area contributed by atoms with Crippen LogP contribution in [0.15, 0.2) is 0 Å². The molecule has 0 bridgehead atoms. The minimum absolute atomic E-state index is 0.0620. The van der Waals surface area contributed by atoms with E-state index in [-0.39, 0.29) is 24.6 Å². The molecule has 1 saturated heterocycles. The molecule has 0 atom stereocenters. The van der Waals surface area contributed by atoms with Crippen molar-refractivity contribution in [1.82, 2.24) is 10.2 Å². The molecule has 0 aromatic heterocycles. The van der Waals surface area contributed by atoms with Crippen molar-refractivity contribution in [3.8, 4) is 0 Å². The lowest BCUT2D eigenvalue weighted by Crippen LogP contribution is -2.49. The zero-order valence-corrected chi connectivity index (χ0v) is 8.79. The standard InChI is InChI=1S/C7H12N2O5S/c10-6(11)5-8-7(12)9-1-3-15(13,14)4-2-9/h1-5H2,(H,8,12)(H,10,11). The first-order chi connectivity index (χ1) is 6.91. The van der Waals surface area contributed by atoms with Crippen LogP contribution in [-0.4, -0.2) is 61.6 Å². The molecule has 2 N–H and O–H groups in total. The fourth-order valence-corrected chi connectivity index (χ4v) is 2.38. The van der Waals surface area contributed by atoms with Crippen LogP contribution in [0.3, 0.4) is 0 Å². The number of aliphatic carboxylic acids is 1. The summed E-state index contributed by atoms with van der Waals surface area (Å²) in [4.78, 5) is 22.7. The summed E-state index contributed by atoms with van der Waals surface area (Å²) in [5.41, 5.74) is 0. The van der Waals surface area contributed by atoms with Crippen LogP contribution in [0.5, 0.6) is 0 Å². The third-order valence-electron chi connectivity index (χ3n) is 2.02. The van der Waals surface area contributed by atoms with Crippen molar-refractivity contribution in [2.24, 2.45) is 0 Å². The first-order valence-electron chi connectivity index (χ1n) is 4.36. The van der Waals surface area contributed by atoms with E-state index >= 15 is 0 Å². The van der Waals surface area contributed by atoms with Gasteiger partial charge in [0.05, 0.1) is 11.5 Å². The molecule has 1 aliphatic heterocycles. The van der Waals surface area contributed by atoms with Crippen molar-refractivity contribution < 1.29 is 23.1 Å². The summed E-state index contributed by atoms with van der Waals surface area (Å²) in [5.74, 6) is -1.26.